The maximum absolute atomic E-state index is 12.5. The van der Waals surface area contributed by atoms with Crippen LogP contribution in [0.2, 0.25) is 0 Å². The smallest absolute Gasteiger partial charge is 0.248 e. The molecule has 0 atom stereocenters. The lowest BCUT2D eigenvalue weighted by Gasteiger charge is -2.32. The third-order valence-electron chi connectivity index (χ3n) is 3.23. The molecule has 1 aromatic heterocycles. The highest BCUT2D eigenvalue weighted by Crippen LogP contribution is 2.24. The number of aromatic nitrogens is 1. The molecule has 1 aliphatic rings. The van der Waals surface area contributed by atoms with Crippen molar-refractivity contribution in [3.8, 4) is 0 Å². The molecule has 0 amide bonds. The molecule has 20 heavy (non-hydrogen) atoms. The molecule has 0 radical (unpaired) electrons. The molecule has 0 spiro atoms. The van der Waals surface area contributed by atoms with E-state index in [4.69, 9.17) is 4.52 Å². The third kappa shape index (κ3) is 2.73. The van der Waals surface area contributed by atoms with Crippen LogP contribution in [0.1, 0.15) is 11.5 Å². The van der Waals surface area contributed by atoms with Crippen LogP contribution in [0.5, 0.6) is 0 Å². The number of sulfonamides is 2. The Balaban J connectivity index is 2.22. The highest BCUT2D eigenvalue weighted by Gasteiger charge is 2.34. The zero-order chi connectivity index (χ0) is 15.1. The average Bonchev–Trinajstić information content (AvgIpc) is 2.68. The quantitative estimate of drug-likeness (QED) is 0.747. The van der Waals surface area contributed by atoms with Gasteiger partial charge in [-0.1, -0.05) is 5.16 Å². The number of nitrogens with zero attached hydrogens (tertiary/aromatic N) is 3. The van der Waals surface area contributed by atoms with Crippen molar-refractivity contribution in [3.63, 3.8) is 0 Å². The van der Waals surface area contributed by atoms with Gasteiger partial charge in [-0.15, -0.1) is 0 Å². The Bertz CT molecular complexity index is 680. The molecular weight excluding hydrogens is 306 g/mol. The predicted molar refractivity (Wildman–Crippen MR) is 71.2 cm³/mol. The summed E-state index contributed by atoms with van der Waals surface area (Å²) < 4.78 is 55.3. The van der Waals surface area contributed by atoms with Gasteiger partial charge < -0.3 is 4.52 Å². The van der Waals surface area contributed by atoms with Crippen molar-refractivity contribution >= 4 is 20.0 Å². The van der Waals surface area contributed by atoms with Crippen LogP contribution < -0.4 is 0 Å². The van der Waals surface area contributed by atoms with Crippen LogP contribution in [-0.2, 0) is 20.0 Å². The van der Waals surface area contributed by atoms with Gasteiger partial charge in [0.05, 0.1) is 6.26 Å². The Hall–Kier alpha value is -0.970. The van der Waals surface area contributed by atoms with Crippen LogP contribution >= 0.6 is 0 Å². The Kier molecular flexibility index (Phi) is 3.93. The van der Waals surface area contributed by atoms with Gasteiger partial charge in [0.1, 0.15) is 10.6 Å². The highest BCUT2D eigenvalue weighted by atomic mass is 32.2. The molecule has 0 unspecified atom stereocenters. The SMILES string of the molecule is Cc1noc(C)c1S(=O)(=O)N1CCN(S(C)(=O)=O)CC1. The number of aryl methyl sites for hydroxylation is 2. The first-order valence-electron chi connectivity index (χ1n) is 6.02. The molecule has 0 saturated carbocycles. The maximum Gasteiger partial charge on any atom is 0.248 e. The summed E-state index contributed by atoms with van der Waals surface area (Å²) in [4.78, 5) is 0.0744. The van der Waals surface area contributed by atoms with Gasteiger partial charge in [-0.25, -0.2) is 16.8 Å². The van der Waals surface area contributed by atoms with E-state index in [1.807, 2.05) is 0 Å². The summed E-state index contributed by atoms with van der Waals surface area (Å²) in [6.07, 6.45) is 1.12. The molecule has 1 aromatic rings. The van der Waals surface area contributed by atoms with E-state index in [-0.39, 0.29) is 36.8 Å². The van der Waals surface area contributed by atoms with Gasteiger partial charge in [0.25, 0.3) is 0 Å². The van der Waals surface area contributed by atoms with Gasteiger partial charge in [0.2, 0.25) is 20.0 Å². The van der Waals surface area contributed by atoms with Crippen LogP contribution in [0.15, 0.2) is 9.42 Å². The summed E-state index contributed by atoms with van der Waals surface area (Å²) >= 11 is 0. The molecule has 0 aromatic carbocycles. The number of hydrogen-bond donors (Lipinski definition) is 0. The van der Waals surface area contributed by atoms with E-state index >= 15 is 0 Å². The van der Waals surface area contributed by atoms with E-state index in [9.17, 15) is 16.8 Å². The van der Waals surface area contributed by atoms with Crippen molar-refractivity contribution in [2.75, 3.05) is 32.4 Å². The fraction of sp³-hybridized carbons (Fsp3) is 0.700. The van der Waals surface area contributed by atoms with Crippen molar-refractivity contribution in [2.45, 2.75) is 18.7 Å². The molecule has 2 heterocycles. The molecule has 114 valence electrons. The minimum absolute atomic E-state index is 0.0744. The van der Waals surface area contributed by atoms with Crippen LogP contribution in [0.3, 0.4) is 0 Å². The Labute approximate surface area is 118 Å². The normalized spacial score (nSPS) is 19.4. The maximum atomic E-state index is 12.5. The second-order valence-electron chi connectivity index (χ2n) is 4.72. The molecular formula is C10H17N3O5S2. The summed E-state index contributed by atoms with van der Waals surface area (Å²) in [5.74, 6) is 0.244. The van der Waals surface area contributed by atoms with Crippen molar-refractivity contribution in [3.05, 3.63) is 11.5 Å². The molecule has 1 saturated heterocycles. The van der Waals surface area contributed by atoms with E-state index in [1.165, 1.54) is 8.61 Å². The second-order valence-corrected chi connectivity index (χ2v) is 8.58. The first kappa shape index (κ1) is 15.4. The fourth-order valence-corrected chi connectivity index (χ4v) is 4.75. The summed E-state index contributed by atoms with van der Waals surface area (Å²) in [5.41, 5.74) is 0.313. The Morgan fingerprint density at radius 1 is 1.00 bits per heavy atom. The molecule has 8 nitrogen and oxygen atoms in total. The third-order valence-corrected chi connectivity index (χ3v) is 6.68. The lowest BCUT2D eigenvalue weighted by molar-refractivity contribution is 0.273. The topological polar surface area (TPSA) is 101 Å². The summed E-state index contributed by atoms with van der Waals surface area (Å²) in [5, 5.41) is 3.64. The second kappa shape index (κ2) is 5.10. The first-order valence-corrected chi connectivity index (χ1v) is 9.31. The first-order chi connectivity index (χ1) is 9.14. The van der Waals surface area contributed by atoms with Crippen molar-refractivity contribution < 1.29 is 21.4 Å². The zero-order valence-corrected chi connectivity index (χ0v) is 13.2. The van der Waals surface area contributed by atoms with Crippen LogP contribution in [0.4, 0.5) is 0 Å². The molecule has 0 N–H and O–H groups in total. The molecule has 2 rings (SSSR count). The lowest BCUT2D eigenvalue weighted by atomic mass is 10.4. The molecule has 1 fully saturated rings. The van der Waals surface area contributed by atoms with Crippen LogP contribution in [-0.4, -0.2) is 63.0 Å². The van der Waals surface area contributed by atoms with E-state index < -0.39 is 20.0 Å². The van der Waals surface area contributed by atoms with E-state index in [2.05, 4.69) is 5.16 Å². The van der Waals surface area contributed by atoms with Crippen molar-refractivity contribution in [1.29, 1.82) is 0 Å². The average molecular weight is 323 g/mol. The lowest BCUT2D eigenvalue weighted by Crippen LogP contribution is -2.50. The molecule has 0 bridgehead atoms. The van der Waals surface area contributed by atoms with E-state index in [1.54, 1.807) is 13.8 Å². The van der Waals surface area contributed by atoms with Gasteiger partial charge in [-0.3, -0.25) is 0 Å². The number of rotatable bonds is 3. The summed E-state index contributed by atoms with van der Waals surface area (Å²) in [7, 11) is -6.98. The molecule has 1 aliphatic heterocycles. The highest BCUT2D eigenvalue weighted by molar-refractivity contribution is 7.89. The largest absolute Gasteiger partial charge is 0.360 e. The van der Waals surface area contributed by atoms with Crippen LogP contribution in [0, 0.1) is 13.8 Å². The van der Waals surface area contributed by atoms with Gasteiger partial charge in [-0.2, -0.15) is 8.61 Å². The van der Waals surface area contributed by atoms with Crippen molar-refractivity contribution in [1.82, 2.24) is 13.8 Å². The van der Waals surface area contributed by atoms with Gasteiger partial charge in [0.15, 0.2) is 5.76 Å². The molecule has 0 aliphatic carbocycles. The Morgan fingerprint density at radius 3 is 1.90 bits per heavy atom. The standard InChI is InChI=1S/C10H17N3O5S2/c1-8-10(9(2)18-11-8)20(16,17)13-6-4-12(5-7-13)19(3,14)15/h4-7H2,1-3H3. The number of hydrogen-bond acceptors (Lipinski definition) is 6. The molecule has 10 heteroatoms. The van der Waals surface area contributed by atoms with Crippen LogP contribution in [0.25, 0.3) is 0 Å². The summed E-state index contributed by atoms with van der Waals surface area (Å²) in [6, 6.07) is 0. The van der Waals surface area contributed by atoms with E-state index in [0.717, 1.165) is 6.26 Å². The van der Waals surface area contributed by atoms with Gasteiger partial charge in [0, 0.05) is 26.2 Å². The fourth-order valence-electron chi connectivity index (χ4n) is 2.21. The summed E-state index contributed by atoms with van der Waals surface area (Å²) in [6.45, 7) is 3.66. The van der Waals surface area contributed by atoms with E-state index in [0.29, 0.717) is 5.69 Å². The minimum Gasteiger partial charge on any atom is -0.360 e. The van der Waals surface area contributed by atoms with Crippen molar-refractivity contribution in [2.24, 2.45) is 0 Å². The van der Waals surface area contributed by atoms with Gasteiger partial charge >= 0.3 is 0 Å². The number of piperazine rings is 1. The monoisotopic (exact) mass is 323 g/mol. The van der Waals surface area contributed by atoms with Gasteiger partial charge in [-0.05, 0) is 13.8 Å². The minimum atomic E-state index is -3.69. The zero-order valence-electron chi connectivity index (χ0n) is 11.5. The predicted octanol–water partition coefficient (Wildman–Crippen LogP) is -0.443. The Morgan fingerprint density at radius 2 is 1.50 bits per heavy atom.